The van der Waals surface area contributed by atoms with Crippen molar-refractivity contribution in [1.82, 2.24) is 5.32 Å². The number of carbonyl (C=O) groups excluding carboxylic acids is 1. The largest absolute Gasteiger partial charge is 0.348 e. The number of hydrogen-bond donors (Lipinski definition) is 2. The Kier molecular flexibility index (Phi) is 2.21. The third-order valence-corrected chi connectivity index (χ3v) is 2.37. The summed E-state index contributed by atoms with van der Waals surface area (Å²) < 4.78 is 12.9. The van der Waals surface area contributed by atoms with Gasteiger partial charge in [0, 0.05) is 12.5 Å². The first-order chi connectivity index (χ1) is 6.66. The number of halogens is 1. The summed E-state index contributed by atoms with van der Waals surface area (Å²) in [6.07, 6.45) is 0.307. The van der Waals surface area contributed by atoms with Gasteiger partial charge in [-0.1, -0.05) is 12.1 Å². The SMILES string of the molecule is N[C@H]1CC(=O)NC1c1cccc(F)c1. The second-order valence-corrected chi connectivity index (χ2v) is 3.47. The zero-order valence-electron chi connectivity index (χ0n) is 7.53. The second kappa shape index (κ2) is 3.38. The molecule has 74 valence electrons. The van der Waals surface area contributed by atoms with Gasteiger partial charge in [0.2, 0.25) is 5.91 Å². The number of nitrogens with two attached hydrogens (primary N) is 1. The molecule has 2 atom stereocenters. The molecule has 1 aromatic rings. The number of amides is 1. The number of carbonyl (C=O) groups is 1. The van der Waals surface area contributed by atoms with Crippen LogP contribution in [-0.2, 0) is 4.79 Å². The summed E-state index contributed by atoms with van der Waals surface area (Å²) in [6.45, 7) is 0. The van der Waals surface area contributed by atoms with E-state index in [4.69, 9.17) is 5.73 Å². The van der Waals surface area contributed by atoms with Gasteiger partial charge in [0.05, 0.1) is 6.04 Å². The Labute approximate surface area is 81.1 Å². The molecule has 2 rings (SSSR count). The summed E-state index contributed by atoms with van der Waals surface area (Å²) >= 11 is 0. The van der Waals surface area contributed by atoms with Gasteiger partial charge in [-0.25, -0.2) is 4.39 Å². The van der Waals surface area contributed by atoms with E-state index >= 15 is 0 Å². The van der Waals surface area contributed by atoms with Crippen LogP contribution in [-0.4, -0.2) is 11.9 Å². The molecule has 1 saturated heterocycles. The van der Waals surface area contributed by atoms with E-state index in [0.717, 1.165) is 5.56 Å². The van der Waals surface area contributed by atoms with Crippen LogP contribution in [0.25, 0.3) is 0 Å². The van der Waals surface area contributed by atoms with E-state index in [1.807, 2.05) is 0 Å². The van der Waals surface area contributed by atoms with Gasteiger partial charge in [0.1, 0.15) is 5.82 Å². The average Bonchev–Trinajstić information content (AvgIpc) is 2.45. The Morgan fingerprint density at radius 3 is 2.86 bits per heavy atom. The van der Waals surface area contributed by atoms with Gasteiger partial charge >= 0.3 is 0 Å². The number of hydrogen-bond acceptors (Lipinski definition) is 2. The summed E-state index contributed by atoms with van der Waals surface area (Å²) in [6, 6.07) is 5.63. The lowest BCUT2D eigenvalue weighted by molar-refractivity contribution is -0.119. The van der Waals surface area contributed by atoms with Crippen molar-refractivity contribution in [1.29, 1.82) is 0 Å². The molecule has 0 bridgehead atoms. The molecule has 3 N–H and O–H groups in total. The Hall–Kier alpha value is -1.42. The van der Waals surface area contributed by atoms with Crippen LogP contribution in [0.5, 0.6) is 0 Å². The van der Waals surface area contributed by atoms with E-state index in [1.54, 1.807) is 12.1 Å². The lowest BCUT2D eigenvalue weighted by Crippen LogP contribution is -2.28. The van der Waals surface area contributed by atoms with E-state index in [9.17, 15) is 9.18 Å². The summed E-state index contributed by atoms with van der Waals surface area (Å²) in [4.78, 5) is 11.0. The lowest BCUT2D eigenvalue weighted by atomic mass is 10.0. The molecule has 14 heavy (non-hydrogen) atoms. The third-order valence-electron chi connectivity index (χ3n) is 2.37. The van der Waals surface area contributed by atoms with Gasteiger partial charge in [-0.2, -0.15) is 0 Å². The lowest BCUT2D eigenvalue weighted by Gasteiger charge is -2.14. The molecule has 1 aliphatic heterocycles. The molecule has 0 aromatic heterocycles. The first kappa shape index (κ1) is 9.15. The summed E-state index contributed by atoms with van der Waals surface area (Å²) in [7, 11) is 0. The molecule has 0 saturated carbocycles. The summed E-state index contributed by atoms with van der Waals surface area (Å²) in [5, 5.41) is 2.72. The Bertz CT molecular complexity index is 367. The van der Waals surface area contributed by atoms with Crippen LogP contribution in [0.2, 0.25) is 0 Å². The fourth-order valence-corrected chi connectivity index (χ4v) is 1.70. The molecule has 1 aliphatic rings. The van der Waals surface area contributed by atoms with Crippen LogP contribution >= 0.6 is 0 Å². The molecule has 4 heteroatoms. The van der Waals surface area contributed by atoms with Crippen LogP contribution in [0.3, 0.4) is 0 Å². The van der Waals surface area contributed by atoms with E-state index in [0.29, 0.717) is 6.42 Å². The maximum Gasteiger partial charge on any atom is 0.222 e. The molecule has 1 amide bonds. The second-order valence-electron chi connectivity index (χ2n) is 3.47. The van der Waals surface area contributed by atoms with Gasteiger partial charge in [0.25, 0.3) is 0 Å². The van der Waals surface area contributed by atoms with E-state index in [1.165, 1.54) is 12.1 Å². The Morgan fingerprint density at radius 1 is 1.50 bits per heavy atom. The van der Waals surface area contributed by atoms with Crippen molar-refractivity contribution < 1.29 is 9.18 Å². The predicted molar refractivity (Wildman–Crippen MR) is 49.9 cm³/mol. The van der Waals surface area contributed by atoms with Crippen LogP contribution < -0.4 is 11.1 Å². The summed E-state index contributed by atoms with van der Waals surface area (Å²) in [5.74, 6) is -0.386. The topological polar surface area (TPSA) is 55.1 Å². The molecule has 0 aliphatic carbocycles. The van der Waals surface area contributed by atoms with Crippen molar-refractivity contribution in [2.75, 3.05) is 0 Å². The zero-order valence-corrected chi connectivity index (χ0v) is 7.53. The molecule has 1 unspecified atom stereocenters. The molecular weight excluding hydrogens is 183 g/mol. The standard InChI is InChI=1S/C10H11FN2O/c11-7-3-1-2-6(4-7)10-8(12)5-9(14)13-10/h1-4,8,10H,5,12H2,(H,13,14)/t8-,10?/m0/s1. The quantitative estimate of drug-likeness (QED) is 0.692. The first-order valence-corrected chi connectivity index (χ1v) is 4.47. The van der Waals surface area contributed by atoms with Crippen LogP contribution in [0.15, 0.2) is 24.3 Å². The van der Waals surface area contributed by atoms with Gasteiger partial charge in [-0.05, 0) is 17.7 Å². The minimum Gasteiger partial charge on any atom is -0.348 e. The normalized spacial score (nSPS) is 26.3. The zero-order chi connectivity index (χ0) is 10.1. The third kappa shape index (κ3) is 1.61. The fraction of sp³-hybridized carbons (Fsp3) is 0.300. The maximum atomic E-state index is 12.9. The maximum absolute atomic E-state index is 12.9. The fourth-order valence-electron chi connectivity index (χ4n) is 1.70. The minimum absolute atomic E-state index is 0.0771. The number of rotatable bonds is 1. The minimum atomic E-state index is -0.309. The van der Waals surface area contributed by atoms with Crippen molar-refractivity contribution in [3.63, 3.8) is 0 Å². The van der Waals surface area contributed by atoms with Crippen molar-refractivity contribution in [3.05, 3.63) is 35.6 Å². The van der Waals surface area contributed by atoms with Gasteiger partial charge in [-0.15, -0.1) is 0 Å². The van der Waals surface area contributed by atoms with Crippen LogP contribution in [0, 0.1) is 5.82 Å². The van der Waals surface area contributed by atoms with Crippen LogP contribution in [0.1, 0.15) is 18.0 Å². The van der Waals surface area contributed by atoms with Crippen molar-refractivity contribution in [2.24, 2.45) is 5.73 Å². The average molecular weight is 194 g/mol. The highest BCUT2D eigenvalue weighted by atomic mass is 19.1. The van der Waals surface area contributed by atoms with E-state index < -0.39 is 0 Å². The van der Waals surface area contributed by atoms with E-state index in [2.05, 4.69) is 5.32 Å². The molecule has 1 aromatic carbocycles. The number of benzene rings is 1. The molecular formula is C10H11FN2O. The van der Waals surface area contributed by atoms with Crippen molar-refractivity contribution >= 4 is 5.91 Å². The molecule has 0 spiro atoms. The monoisotopic (exact) mass is 194 g/mol. The van der Waals surface area contributed by atoms with Crippen molar-refractivity contribution in [3.8, 4) is 0 Å². The highest BCUT2D eigenvalue weighted by Crippen LogP contribution is 2.23. The molecule has 1 fully saturated rings. The highest BCUT2D eigenvalue weighted by Gasteiger charge is 2.30. The molecule has 1 heterocycles. The van der Waals surface area contributed by atoms with Gasteiger partial charge in [-0.3, -0.25) is 4.79 Å². The number of nitrogens with one attached hydrogen (secondary N) is 1. The molecule has 3 nitrogen and oxygen atoms in total. The predicted octanol–water partition coefficient (Wildman–Crippen LogP) is 0.714. The smallest absolute Gasteiger partial charge is 0.222 e. The first-order valence-electron chi connectivity index (χ1n) is 4.47. The van der Waals surface area contributed by atoms with Crippen molar-refractivity contribution in [2.45, 2.75) is 18.5 Å². The van der Waals surface area contributed by atoms with E-state index in [-0.39, 0.29) is 23.8 Å². The van der Waals surface area contributed by atoms with Gasteiger partial charge < -0.3 is 11.1 Å². The Morgan fingerprint density at radius 2 is 2.29 bits per heavy atom. The Balaban J connectivity index is 2.27. The van der Waals surface area contributed by atoms with Crippen LogP contribution in [0.4, 0.5) is 4.39 Å². The van der Waals surface area contributed by atoms with Gasteiger partial charge in [0.15, 0.2) is 0 Å². The summed E-state index contributed by atoms with van der Waals surface area (Å²) in [5.41, 5.74) is 6.47. The molecule has 0 radical (unpaired) electrons. The highest BCUT2D eigenvalue weighted by molar-refractivity contribution is 5.80.